The molecule has 1 aromatic rings. The van der Waals surface area contributed by atoms with Crippen molar-refractivity contribution in [2.24, 2.45) is 0 Å². The Kier molecular flexibility index (Phi) is 7.17. The number of benzene rings is 1. The van der Waals surface area contributed by atoms with E-state index in [4.69, 9.17) is 5.11 Å². The fraction of sp³-hybridized carbons (Fsp3) is 0.231. The first-order valence-corrected chi connectivity index (χ1v) is 7.75. The number of nitrogens with one attached hydrogen (secondary N) is 2. The van der Waals surface area contributed by atoms with E-state index in [0.717, 1.165) is 11.5 Å². The highest BCUT2D eigenvalue weighted by atomic mass is 79.9. The van der Waals surface area contributed by atoms with Crippen molar-refractivity contribution >= 4 is 45.4 Å². The van der Waals surface area contributed by atoms with Gasteiger partial charge in [-0.05, 0) is 18.2 Å². The number of thioether (sulfide) groups is 1. The second-order valence-electron chi connectivity index (χ2n) is 3.74. The van der Waals surface area contributed by atoms with Gasteiger partial charge in [-0.1, -0.05) is 22.0 Å². The first kappa shape index (κ1) is 16.6. The van der Waals surface area contributed by atoms with Gasteiger partial charge in [-0.25, -0.2) is 9.59 Å². The number of urea groups is 1. The molecule has 3 N–H and O–H groups in total. The van der Waals surface area contributed by atoms with Crippen LogP contribution in [0.5, 0.6) is 0 Å². The van der Waals surface area contributed by atoms with Gasteiger partial charge < -0.3 is 15.7 Å². The molecule has 108 valence electrons. The highest BCUT2D eigenvalue weighted by molar-refractivity contribution is 9.10. The summed E-state index contributed by atoms with van der Waals surface area (Å²) in [6.07, 6.45) is 1.80. The number of carboxylic acids is 1. The van der Waals surface area contributed by atoms with Crippen LogP contribution in [0.1, 0.15) is 10.4 Å². The number of amides is 2. The van der Waals surface area contributed by atoms with Crippen LogP contribution in [-0.2, 0) is 0 Å². The number of carboxylic acid groups (broad SMARTS) is 1. The van der Waals surface area contributed by atoms with E-state index < -0.39 is 12.0 Å². The predicted molar refractivity (Wildman–Crippen MR) is 85.6 cm³/mol. The summed E-state index contributed by atoms with van der Waals surface area (Å²) in [4.78, 5) is 22.7. The second-order valence-corrected chi connectivity index (χ2v) is 5.81. The van der Waals surface area contributed by atoms with Crippen LogP contribution < -0.4 is 10.6 Å². The van der Waals surface area contributed by atoms with Crippen LogP contribution in [0.4, 0.5) is 10.5 Å². The van der Waals surface area contributed by atoms with Crippen LogP contribution in [0.25, 0.3) is 0 Å². The van der Waals surface area contributed by atoms with E-state index in [1.165, 1.54) is 6.07 Å². The van der Waals surface area contributed by atoms with Crippen molar-refractivity contribution < 1.29 is 14.7 Å². The van der Waals surface area contributed by atoms with Crippen LogP contribution >= 0.6 is 27.7 Å². The van der Waals surface area contributed by atoms with E-state index in [2.05, 4.69) is 33.1 Å². The lowest BCUT2D eigenvalue weighted by Crippen LogP contribution is -2.31. The van der Waals surface area contributed by atoms with Crippen LogP contribution in [0.2, 0.25) is 0 Å². The molecule has 7 heteroatoms. The Morgan fingerprint density at radius 1 is 1.45 bits per heavy atom. The Labute approximate surface area is 130 Å². The Balaban J connectivity index is 2.55. The molecular weight excluding hydrogens is 344 g/mol. The fourth-order valence-electron chi connectivity index (χ4n) is 1.38. The minimum Gasteiger partial charge on any atom is -0.478 e. The van der Waals surface area contributed by atoms with Gasteiger partial charge in [-0.3, -0.25) is 0 Å². The molecule has 0 aliphatic heterocycles. The van der Waals surface area contributed by atoms with Crippen molar-refractivity contribution in [3.63, 3.8) is 0 Å². The Hall–Kier alpha value is -1.47. The quantitative estimate of drug-likeness (QED) is 0.516. The number of hydrogen-bond acceptors (Lipinski definition) is 3. The Morgan fingerprint density at radius 3 is 2.85 bits per heavy atom. The van der Waals surface area contributed by atoms with Gasteiger partial charge in [0.05, 0.1) is 11.3 Å². The molecule has 0 saturated carbocycles. The molecule has 20 heavy (non-hydrogen) atoms. The lowest BCUT2D eigenvalue weighted by Gasteiger charge is -2.10. The van der Waals surface area contributed by atoms with Crippen molar-refractivity contribution in [2.45, 2.75) is 0 Å². The molecule has 5 nitrogen and oxygen atoms in total. The van der Waals surface area contributed by atoms with E-state index in [9.17, 15) is 9.59 Å². The zero-order valence-corrected chi connectivity index (χ0v) is 13.1. The molecular formula is C13H15BrN2O3S. The number of rotatable bonds is 7. The monoisotopic (exact) mass is 358 g/mol. The molecule has 1 aromatic carbocycles. The summed E-state index contributed by atoms with van der Waals surface area (Å²) in [5, 5.41) is 14.2. The Bertz CT molecular complexity index is 508. The minimum atomic E-state index is -1.09. The zero-order valence-electron chi connectivity index (χ0n) is 10.7. The topological polar surface area (TPSA) is 78.4 Å². The molecule has 2 amide bonds. The maximum Gasteiger partial charge on any atom is 0.337 e. The van der Waals surface area contributed by atoms with E-state index in [-0.39, 0.29) is 11.3 Å². The molecule has 0 bridgehead atoms. The van der Waals surface area contributed by atoms with Crippen LogP contribution in [0.3, 0.4) is 0 Å². The molecule has 0 fully saturated rings. The standard InChI is InChI=1S/C13H15BrN2O3S/c1-2-6-20-7-5-15-13(19)16-11-8-9(14)3-4-10(11)12(17)18/h2-4,8H,1,5-7H2,(H,17,18)(H2,15,16,19). The summed E-state index contributed by atoms with van der Waals surface area (Å²) >= 11 is 4.89. The normalized spacial score (nSPS) is 9.85. The average Bonchev–Trinajstić information content (AvgIpc) is 2.38. The van der Waals surface area contributed by atoms with Crippen LogP contribution in [-0.4, -0.2) is 35.2 Å². The van der Waals surface area contributed by atoms with E-state index in [1.807, 2.05) is 0 Å². The molecule has 0 heterocycles. The number of halogens is 1. The van der Waals surface area contributed by atoms with E-state index in [1.54, 1.807) is 30.0 Å². The maximum absolute atomic E-state index is 11.7. The number of hydrogen-bond donors (Lipinski definition) is 3. The third kappa shape index (κ3) is 5.66. The fourth-order valence-corrected chi connectivity index (χ4v) is 2.32. The molecule has 0 radical (unpaired) electrons. The Morgan fingerprint density at radius 2 is 2.20 bits per heavy atom. The number of carbonyl (C=O) groups is 2. The van der Waals surface area contributed by atoms with Crippen molar-refractivity contribution in [1.82, 2.24) is 5.32 Å². The largest absolute Gasteiger partial charge is 0.478 e. The highest BCUT2D eigenvalue weighted by Crippen LogP contribution is 2.21. The molecule has 0 aliphatic rings. The lowest BCUT2D eigenvalue weighted by molar-refractivity contribution is 0.0698. The van der Waals surface area contributed by atoms with Gasteiger partial charge in [0.1, 0.15) is 0 Å². The second kappa shape index (κ2) is 8.65. The third-order valence-corrected chi connectivity index (χ3v) is 3.69. The first-order chi connectivity index (χ1) is 9.54. The summed E-state index contributed by atoms with van der Waals surface area (Å²) in [7, 11) is 0. The highest BCUT2D eigenvalue weighted by Gasteiger charge is 2.12. The van der Waals surface area contributed by atoms with Gasteiger partial charge in [-0.2, -0.15) is 11.8 Å². The smallest absolute Gasteiger partial charge is 0.337 e. The van der Waals surface area contributed by atoms with Crippen LogP contribution in [0, 0.1) is 0 Å². The summed E-state index contributed by atoms with van der Waals surface area (Å²) < 4.78 is 0.694. The van der Waals surface area contributed by atoms with Gasteiger partial charge in [0, 0.05) is 22.5 Å². The summed E-state index contributed by atoms with van der Waals surface area (Å²) in [6.45, 7) is 4.10. The van der Waals surface area contributed by atoms with Gasteiger partial charge in [0.15, 0.2) is 0 Å². The SMILES string of the molecule is C=CCSCCNC(=O)Nc1cc(Br)ccc1C(=O)O. The lowest BCUT2D eigenvalue weighted by atomic mass is 10.2. The molecule has 0 atom stereocenters. The summed E-state index contributed by atoms with van der Waals surface area (Å²) in [5.74, 6) is 0.510. The van der Waals surface area contributed by atoms with Crippen molar-refractivity contribution in [2.75, 3.05) is 23.4 Å². The molecule has 0 aromatic heterocycles. The number of carbonyl (C=O) groups excluding carboxylic acids is 1. The van der Waals surface area contributed by atoms with Crippen molar-refractivity contribution in [1.29, 1.82) is 0 Å². The van der Waals surface area contributed by atoms with Crippen molar-refractivity contribution in [3.05, 3.63) is 40.9 Å². The zero-order chi connectivity index (χ0) is 15.0. The molecule has 0 spiro atoms. The average molecular weight is 359 g/mol. The predicted octanol–water partition coefficient (Wildman–Crippen LogP) is 3.19. The van der Waals surface area contributed by atoms with E-state index in [0.29, 0.717) is 11.0 Å². The summed E-state index contributed by atoms with van der Waals surface area (Å²) in [5.41, 5.74) is 0.299. The molecule has 1 rings (SSSR count). The van der Waals surface area contributed by atoms with Crippen LogP contribution in [0.15, 0.2) is 35.3 Å². The van der Waals surface area contributed by atoms with Crippen molar-refractivity contribution in [3.8, 4) is 0 Å². The van der Waals surface area contributed by atoms with E-state index >= 15 is 0 Å². The summed E-state index contributed by atoms with van der Waals surface area (Å²) in [6, 6.07) is 4.17. The first-order valence-electron chi connectivity index (χ1n) is 5.81. The maximum atomic E-state index is 11.7. The number of aromatic carboxylic acids is 1. The van der Waals surface area contributed by atoms with Gasteiger partial charge in [-0.15, -0.1) is 6.58 Å². The minimum absolute atomic E-state index is 0.0457. The molecule has 0 saturated heterocycles. The van der Waals surface area contributed by atoms with Gasteiger partial charge in [0.2, 0.25) is 0 Å². The molecule has 0 aliphatic carbocycles. The third-order valence-electron chi connectivity index (χ3n) is 2.23. The number of anilines is 1. The van der Waals surface area contributed by atoms with Gasteiger partial charge >= 0.3 is 12.0 Å². The van der Waals surface area contributed by atoms with Gasteiger partial charge in [0.25, 0.3) is 0 Å². The molecule has 0 unspecified atom stereocenters.